The Bertz CT molecular complexity index is 1440. The molecule has 3 aliphatic heterocycles. The largest absolute Gasteiger partial charge is 0.488 e. The number of imide groups is 1. The molecule has 3 amide bonds. The van der Waals surface area contributed by atoms with Crippen LogP contribution in [0.2, 0.25) is 0 Å². The molecule has 178 valence electrons. The third kappa shape index (κ3) is 4.41. The van der Waals surface area contributed by atoms with E-state index in [0.29, 0.717) is 31.2 Å². The van der Waals surface area contributed by atoms with E-state index in [-0.39, 0.29) is 29.0 Å². The number of nitrogens with one attached hydrogen (secondary N) is 1. The summed E-state index contributed by atoms with van der Waals surface area (Å²) < 4.78 is 84.5. The van der Waals surface area contributed by atoms with Crippen molar-refractivity contribution < 1.29 is 37.8 Å². The number of ether oxygens (including phenoxy) is 2. The third-order valence-corrected chi connectivity index (χ3v) is 5.78. The monoisotopic (exact) mass is 474 g/mol. The van der Waals surface area contributed by atoms with Gasteiger partial charge < -0.3 is 14.4 Å². The molecule has 1 unspecified atom stereocenters. The van der Waals surface area contributed by atoms with Gasteiger partial charge in [-0.15, -0.1) is 0 Å². The molecule has 2 saturated heterocycles. The summed E-state index contributed by atoms with van der Waals surface area (Å²) in [4.78, 5) is 40.6. The van der Waals surface area contributed by atoms with Gasteiger partial charge in [-0.1, -0.05) is 24.3 Å². The zero-order valence-corrected chi connectivity index (χ0v) is 18.0. The molecule has 2 aromatic carbocycles. The lowest BCUT2D eigenvalue weighted by Crippen LogP contribution is -2.52. The van der Waals surface area contributed by atoms with Gasteiger partial charge in [0.1, 0.15) is 24.1 Å². The van der Waals surface area contributed by atoms with Crippen LogP contribution in [0.4, 0.5) is 4.39 Å². The Morgan fingerprint density at radius 1 is 1.18 bits per heavy atom. The molecule has 1 N–H and O–H groups in total. The van der Waals surface area contributed by atoms with E-state index < -0.39 is 61.0 Å². The van der Waals surface area contributed by atoms with Crippen molar-refractivity contribution in [1.29, 1.82) is 0 Å². The first-order valence-corrected chi connectivity index (χ1v) is 10.7. The molecule has 2 aromatic rings. The van der Waals surface area contributed by atoms with E-state index in [0.717, 1.165) is 0 Å². The molecule has 0 spiro atoms. The summed E-state index contributed by atoms with van der Waals surface area (Å²) in [5.41, 5.74) is -0.304. The molecule has 5 rings (SSSR count). The van der Waals surface area contributed by atoms with E-state index in [9.17, 15) is 14.4 Å². The van der Waals surface area contributed by atoms with Crippen LogP contribution < -0.4 is 10.1 Å². The third-order valence-electron chi connectivity index (χ3n) is 5.78. The first-order valence-electron chi connectivity index (χ1n) is 14.2. The van der Waals surface area contributed by atoms with E-state index in [1.165, 1.54) is 30.3 Å². The summed E-state index contributed by atoms with van der Waals surface area (Å²) in [6, 6.07) is 5.02. The smallest absolute Gasteiger partial charge is 0.255 e. The molecule has 0 aliphatic carbocycles. The van der Waals surface area contributed by atoms with E-state index in [1.54, 1.807) is 11.4 Å². The second kappa shape index (κ2) is 9.52. The summed E-state index contributed by atoms with van der Waals surface area (Å²) >= 11 is 0. The molecule has 2 fully saturated rings. The molecule has 1 atom stereocenters. The maximum atomic E-state index is 15.5. The van der Waals surface area contributed by atoms with Crippen molar-refractivity contribution in [2.24, 2.45) is 0 Å². The average molecular weight is 475 g/mol. The highest BCUT2D eigenvalue weighted by Gasteiger charge is 2.40. The topological polar surface area (TPSA) is 88.2 Å². The summed E-state index contributed by atoms with van der Waals surface area (Å²) in [6.45, 7) is -0.951. The number of halogens is 1. The highest BCUT2D eigenvalue weighted by Crippen LogP contribution is 2.34. The molecule has 0 radical (unpaired) electrons. The fourth-order valence-corrected chi connectivity index (χ4v) is 4.03. The molecule has 3 aliphatic rings. The van der Waals surface area contributed by atoms with Gasteiger partial charge in [0.2, 0.25) is 11.8 Å². The lowest BCUT2D eigenvalue weighted by molar-refractivity contribution is -0.136. The van der Waals surface area contributed by atoms with E-state index in [2.05, 4.69) is 0 Å². The number of fused-ring (bicyclic) bond motifs is 1. The molecule has 3 heterocycles. The number of morpholine rings is 1. The van der Waals surface area contributed by atoms with E-state index in [4.69, 9.17) is 19.1 Å². The predicted octanol–water partition coefficient (Wildman–Crippen LogP) is 2.00. The average Bonchev–Trinajstić information content (AvgIpc) is 3.26. The van der Waals surface area contributed by atoms with Crippen LogP contribution in [0.5, 0.6) is 5.75 Å². The van der Waals surface area contributed by atoms with Gasteiger partial charge in [0.15, 0.2) is 0 Å². The van der Waals surface area contributed by atoms with Gasteiger partial charge in [-0.25, -0.2) is 4.39 Å². The molecular formula is C25H26FN3O5. The van der Waals surface area contributed by atoms with Crippen molar-refractivity contribution in [2.75, 3.05) is 26.3 Å². The molecule has 8 nitrogen and oxygen atoms in total. The van der Waals surface area contributed by atoms with Crippen LogP contribution in [0, 0.1) is 5.82 Å². The summed E-state index contributed by atoms with van der Waals surface area (Å²) in [6.07, 6.45) is -6.80. The Kier molecular flexibility index (Phi) is 4.36. The summed E-state index contributed by atoms with van der Waals surface area (Å²) in [7, 11) is 0. The van der Waals surface area contributed by atoms with Crippen LogP contribution >= 0.6 is 0 Å². The zero-order chi connectivity index (χ0) is 30.0. The molecule has 0 aromatic heterocycles. The summed E-state index contributed by atoms with van der Waals surface area (Å²) in [5, 5.41) is 1.64. The number of hydrogen-bond donors (Lipinski definition) is 1. The van der Waals surface area contributed by atoms with E-state index in [1.807, 2.05) is 4.90 Å². The first-order chi connectivity index (χ1) is 19.1. The maximum Gasteiger partial charge on any atom is 0.255 e. The van der Waals surface area contributed by atoms with Gasteiger partial charge in [0, 0.05) is 53.7 Å². The normalized spacial score (nSPS) is 29.5. The SMILES string of the molecule is [2H]C([2H])(Oc1cccc2c1CN(C1([2H])C(=O)NC(=O)C([2H])([2H])C1([2H])[2H])C2=O)c1cccc(CN2CCOCC2)c1F. The van der Waals surface area contributed by atoms with E-state index >= 15 is 4.39 Å². The highest BCUT2D eigenvalue weighted by molar-refractivity contribution is 6.05. The Morgan fingerprint density at radius 2 is 1.94 bits per heavy atom. The highest BCUT2D eigenvalue weighted by atomic mass is 19.1. The lowest BCUT2D eigenvalue weighted by atomic mass is 10.0. The Labute approximate surface area is 206 Å². The Morgan fingerprint density at radius 3 is 2.76 bits per heavy atom. The minimum atomic E-state index is -3.46. The Hall–Kier alpha value is -3.30. The van der Waals surface area contributed by atoms with Gasteiger partial charge in [-0.2, -0.15) is 0 Å². The van der Waals surface area contributed by atoms with Crippen LogP contribution in [0.1, 0.15) is 49.4 Å². The van der Waals surface area contributed by atoms with Crippen LogP contribution in [-0.4, -0.2) is 59.8 Å². The number of carbonyl (C=O) groups is 3. The fraction of sp³-hybridized carbons (Fsp3) is 0.400. The van der Waals surface area contributed by atoms with Crippen LogP contribution in [0.3, 0.4) is 0 Å². The fourth-order valence-electron chi connectivity index (χ4n) is 4.03. The standard InChI is InChI=1S/C25H26FN3O5/c26-23-16(13-28-9-11-33-12-10-28)3-1-4-17(23)15-34-21-6-2-5-18-19(21)14-29(25(18)32)20-7-8-22(30)27-24(20)31/h1-6,20H,7-15H2,(H,27,30,31)/i7D2,8D2,15D2,20D. The minimum absolute atomic E-state index is 0.0149. The van der Waals surface area contributed by atoms with Crippen LogP contribution in [-0.2, 0) is 34.0 Å². The number of piperidine rings is 1. The molecular weight excluding hydrogens is 441 g/mol. The first kappa shape index (κ1) is 15.6. The molecule has 9 heteroatoms. The molecule has 0 bridgehead atoms. The van der Waals surface area contributed by atoms with Crippen molar-refractivity contribution in [3.63, 3.8) is 0 Å². The zero-order valence-electron chi connectivity index (χ0n) is 25.0. The van der Waals surface area contributed by atoms with Gasteiger partial charge in [-0.3, -0.25) is 24.6 Å². The van der Waals surface area contributed by atoms with Crippen LogP contribution in [0.25, 0.3) is 0 Å². The number of amides is 3. The maximum absolute atomic E-state index is 15.5. The van der Waals surface area contributed by atoms with Gasteiger partial charge >= 0.3 is 0 Å². The number of nitrogens with zero attached hydrogens (tertiary/aromatic N) is 2. The second-order valence-corrected chi connectivity index (χ2v) is 7.93. The van der Waals surface area contributed by atoms with Gasteiger partial charge in [-0.05, 0) is 18.5 Å². The predicted molar refractivity (Wildman–Crippen MR) is 119 cm³/mol. The molecule has 34 heavy (non-hydrogen) atoms. The number of carbonyl (C=O) groups excluding carboxylic acids is 3. The Balaban J connectivity index is 1.45. The summed E-state index contributed by atoms with van der Waals surface area (Å²) in [5.74, 6) is -5.15. The van der Waals surface area contributed by atoms with Gasteiger partial charge in [0.05, 0.1) is 23.9 Å². The van der Waals surface area contributed by atoms with Crippen molar-refractivity contribution in [2.45, 2.75) is 38.4 Å². The molecule has 0 saturated carbocycles. The second-order valence-electron chi connectivity index (χ2n) is 7.93. The minimum Gasteiger partial charge on any atom is -0.488 e. The number of benzene rings is 2. The quantitative estimate of drug-likeness (QED) is 0.645. The lowest BCUT2D eigenvalue weighted by Gasteiger charge is -2.29. The van der Waals surface area contributed by atoms with Crippen molar-refractivity contribution in [3.05, 3.63) is 64.5 Å². The number of rotatable bonds is 6. The van der Waals surface area contributed by atoms with Crippen molar-refractivity contribution >= 4 is 17.7 Å². The van der Waals surface area contributed by atoms with Crippen molar-refractivity contribution in [3.8, 4) is 5.75 Å². The van der Waals surface area contributed by atoms with Crippen molar-refractivity contribution in [1.82, 2.24) is 15.1 Å². The number of hydrogen-bond acceptors (Lipinski definition) is 6. The van der Waals surface area contributed by atoms with Gasteiger partial charge in [0.25, 0.3) is 5.91 Å². The van der Waals surface area contributed by atoms with Crippen LogP contribution in [0.15, 0.2) is 36.4 Å².